The minimum absolute atomic E-state index is 0.0396. The summed E-state index contributed by atoms with van der Waals surface area (Å²) in [4.78, 5) is 10.7. The second-order valence-corrected chi connectivity index (χ2v) is 5.64. The third kappa shape index (κ3) is 3.55. The van der Waals surface area contributed by atoms with Gasteiger partial charge in [0.15, 0.2) is 0 Å². The van der Waals surface area contributed by atoms with Crippen molar-refractivity contribution in [3.8, 4) is 0 Å². The molecule has 0 aliphatic heterocycles. The predicted octanol–water partition coefficient (Wildman–Crippen LogP) is 3.11. The van der Waals surface area contributed by atoms with Gasteiger partial charge < -0.3 is 5.32 Å². The molecule has 0 spiro atoms. The molecule has 1 heterocycles. The molecule has 0 atom stereocenters. The van der Waals surface area contributed by atoms with E-state index in [-0.39, 0.29) is 5.69 Å². The van der Waals surface area contributed by atoms with Crippen LogP contribution in [0.15, 0.2) is 24.3 Å². The molecule has 0 fully saturated rings. The first-order valence-electron chi connectivity index (χ1n) is 6.51. The summed E-state index contributed by atoms with van der Waals surface area (Å²) in [6, 6.07) is 8.20. The Bertz CT molecular complexity index is 654. The maximum atomic E-state index is 11.1. The van der Waals surface area contributed by atoms with Gasteiger partial charge in [-0.1, -0.05) is 24.3 Å². The van der Waals surface area contributed by atoms with E-state index >= 15 is 0 Å². The molecule has 1 aromatic carbocycles. The van der Waals surface area contributed by atoms with Gasteiger partial charge in [0.05, 0.1) is 4.92 Å². The number of nitrogens with one attached hydrogen (secondary N) is 1. The molecule has 112 valence electrons. The fourth-order valence-electron chi connectivity index (χ4n) is 2.25. The SMILES string of the molecule is CSCc1cccc(CNc2c([N+](=O)[O-])c(C)nn2C)c1. The zero-order valence-corrected chi connectivity index (χ0v) is 13.1. The molecule has 1 aromatic heterocycles. The Morgan fingerprint density at radius 3 is 2.81 bits per heavy atom. The van der Waals surface area contributed by atoms with Gasteiger partial charge in [-0.25, -0.2) is 4.68 Å². The first-order valence-corrected chi connectivity index (χ1v) is 7.91. The van der Waals surface area contributed by atoms with Gasteiger partial charge in [-0.15, -0.1) is 0 Å². The average molecular weight is 306 g/mol. The summed E-state index contributed by atoms with van der Waals surface area (Å²) >= 11 is 1.77. The minimum Gasteiger partial charge on any atom is -0.360 e. The quantitative estimate of drug-likeness (QED) is 0.655. The maximum absolute atomic E-state index is 11.1. The number of aryl methyl sites for hydroxylation is 2. The highest BCUT2D eigenvalue weighted by Crippen LogP contribution is 2.27. The monoisotopic (exact) mass is 306 g/mol. The van der Waals surface area contributed by atoms with Gasteiger partial charge in [0.25, 0.3) is 0 Å². The van der Waals surface area contributed by atoms with Crippen LogP contribution in [-0.4, -0.2) is 21.0 Å². The lowest BCUT2D eigenvalue weighted by Gasteiger charge is -2.08. The van der Waals surface area contributed by atoms with Crippen LogP contribution in [0.2, 0.25) is 0 Å². The second kappa shape index (κ2) is 6.62. The topological polar surface area (TPSA) is 73.0 Å². The summed E-state index contributed by atoms with van der Waals surface area (Å²) in [6.07, 6.45) is 2.06. The average Bonchev–Trinajstić information content (AvgIpc) is 2.71. The molecular formula is C14H18N4O2S. The first-order chi connectivity index (χ1) is 10.0. The van der Waals surface area contributed by atoms with Crippen LogP contribution in [0.3, 0.4) is 0 Å². The summed E-state index contributed by atoms with van der Waals surface area (Å²) in [6.45, 7) is 2.17. The molecule has 21 heavy (non-hydrogen) atoms. The lowest BCUT2D eigenvalue weighted by atomic mass is 10.1. The Hall–Kier alpha value is -2.02. The molecule has 0 radical (unpaired) electrons. The smallest absolute Gasteiger partial charge is 0.333 e. The molecule has 2 aromatic rings. The lowest BCUT2D eigenvalue weighted by Crippen LogP contribution is -2.06. The molecule has 0 unspecified atom stereocenters. The van der Waals surface area contributed by atoms with Crippen molar-refractivity contribution >= 4 is 23.3 Å². The molecule has 0 saturated heterocycles. The molecular weight excluding hydrogens is 288 g/mol. The lowest BCUT2D eigenvalue weighted by molar-refractivity contribution is -0.384. The van der Waals surface area contributed by atoms with Gasteiger partial charge >= 0.3 is 5.69 Å². The Kier molecular flexibility index (Phi) is 4.85. The normalized spacial score (nSPS) is 10.6. The Balaban J connectivity index is 2.17. The molecule has 0 saturated carbocycles. The number of benzene rings is 1. The zero-order valence-electron chi connectivity index (χ0n) is 12.3. The number of nitro groups is 1. The van der Waals surface area contributed by atoms with E-state index in [0.717, 1.165) is 11.3 Å². The molecule has 6 nitrogen and oxygen atoms in total. The largest absolute Gasteiger partial charge is 0.360 e. The van der Waals surface area contributed by atoms with Crippen LogP contribution in [0.25, 0.3) is 0 Å². The van der Waals surface area contributed by atoms with Crippen LogP contribution in [-0.2, 0) is 19.3 Å². The van der Waals surface area contributed by atoms with Gasteiger partial charge in [0, 0.05) is 19.3 Å². The van der Waals surface area contributed by atoms with E-state index in [0.29, 0.717) is 18.1 Å². The van der Waals surface area contributed by atoms with Gasteiger partial charge in [-0.05, 0) is 24.3 Å². The molecule has 0 bridgehead atoms. The van der Waals surface area contributed by atoms with Gasteiger partial charge in [0.2, 0.25) is 5.82 Å². The highest BCUT2D eigenvalue weighted by molar-refractivity contribution is 7.97. The van der Waals surface area contributed by atoms with Gasteiger partial charge in [-0.2, -0.15) is 16.9 Å². The van der Waals surface area contributed by atoms with Crippen molar-refractivity contribution in [2.45, 2.75) is 19.2 Å². The number of nitrogens with zero attached hydrogens (tertiary/aromatic N) is 3. The molecule has 0 amide bonds. The molecule has 2 rings (SSSR count). The van der Waals surface area contributed by atoms with E-state index in [1.165, 1.54) is 10.2 Å². The van der Waals surface area contributed by atoms with Crippen molar-refractivity contribution < 1.29 is 4.92 Å². The van der Waals surface area contributed by atoms with Crippen molar-refractivity contribution in [3.63, 3.8) is 0 Å². The van der Waals surface area contributed by atoms with E-state index in [1.807, 2.05) is 12.1 Å². The van der Waals surface area contributed by atoms with Crippen LogP contribution in [0.1, 0.15) is 16.8 Å². The molecule has 7 heteroatoms. The van der Waals surface area contributed by atoms with Crippen molar-refractivity contribution in [1.82, 2.24) is 9.78 Å². The fourth-order valence-corrected chi connectivity index (χ4v) is 2.76. The van der Waals surface area contributed by atoms with E-state index in [1.54, 1.807) is 25.7 Å². The standard InChI is InChI=1S/C14H18N4O2S/c1-10-13(18(19)20)14(17(2)16-10)15-8-11-5-4-6-12(7-11)9-21-3/h4-7,15H,8-9H2,1-3H3. The minimum atomic E-state index is -0.394. The molecule has 1 N–H and O–H groups in total. The van der Waals surface area contributed by atoms with E-state index < -0.39 is 4.92 Å². The van der Waals surface area contributed by atoms with Crippen molar-refractivity contribution in [2.75, 3.05) is 11.6 Å². The Labute approximate surface area is 127 Å². The van der Waals surface area contributed by atoms with Crippen LogP contribution >= 0.6 is 11.8 Å². The second-order valence-electron chi connectivity index (χ2n) is 4.77. The van der Waals surface area contributed by atoms with Crippen LogP contribution in [0.5, 0.6) is 0 Å². The highest BCUT2D eigenvalue weighted by Gasteiger charge is 2.23. The Morgan fingerprint density at radius 2 is 2.14 bits per heavy atom. The van der Waals surface area contributed by atoms with Crippen LogP contribution in [0, 0.1) is 17.0 Å². The molecule has 0 aliphatic rings. The number of hydrogen-bond donors (Lipinski definition) is 1. The third-order valence-electron chi connectivity index (χ3n) is 3.14. The van der Waals surface area contributed by atoms with Crippen molar-refractivity contribution in [1.29, 1.82) is 0 Å². The van der Waals surface area contributed by atoms with Gasteiger partial charge in [0.1, 0.15) is 5.69 Å². The zero-order chi connectivity index (χ0) is 15.4. The molecule has 0 aliphatic carbocycles. The number of thioether (sulfide) groups is 1. The number of aromatic nitrogens is 2. The number of hydrogen-bond acceptors (Lipinski definition) is 5. The van der Waals surface area contributed by atoms with Crippen molar-refractivity contribution in [3.05, 3.63) is 51.2 Å². The summed E-state index contributed by atoms with van der Waals surface area (Å²) in [5.41, 5.74) is 2.80. The van der Waals surface area contributed by atoms with Crippen LogP contribution in [0.4, 0.5) is 11.5 Å². The maximum Gasteiger partial charge on any atom is 0.333 e. The van der Waals surface area contributed by atoms with E-state index in [4.69, 9.17) is 0 Å². The predicted molar refractivity (Wildman–Crippen MR) is 85.6 cm³/mol. The summed E-state index contributed by atoms with van der Waals surface area (Å²) in [7, 11) is 1.70. The number of anilines is 1. The van der Waals surface area contributed by atoms with Crippen LogP contribution < -0.4 is 5.32 Å². The van der Waals surface area contributed by atoms with E-state index in [9.17, 15) is 10.1 Å². The first kappa shape index (κ1) is 15.4. The van der Waals surface area contributed by atoms with E-state index in [2.05, 4.69) is 28.8 Å². The van der Waals surface area contributed by atoms with Crippen molar-refractivity contribution in [2.24, 2.45) is 7.05 Å². The summed E-state index contributed by atoms with van der Waals surface area (Å²) < 4.78 is 1.51. The summed E-state index contributed by atoms with van der Waals surface area (Å²) in [5.74, 6) is 1.39. The summed E-state index contributed by atoms with van der Waals surface area (Å²) in [5, 5.41) is 18.3. The third-order valence-corrected chi connectivity index (χ3v) is 3.76. The Morgan fingerprint density at radius 1 is 1.43 bits per heavy atom. The highest BCUT2D eigenvalue weighted by atomic mass is 32.2. The number of rotatable bonds is 6. The fraction of sp³-hybridized carbons (Fsp3) is 0.357. The van der Waals surface area contributed by atoms with Gasteiger partial charge in [-0.3, -0.25) is 10.1 Å².